The molecule has 2 aliphatic rings. The molecule has 0 amide bonds. The molecule has 1 atom stereocenters. The standard InChI is InChI=1S/C18H28N2/c1-2-12-20-13-10-16(11-14-20)19-18-9-5-7-15-6-3-4-8-17(15)18/h3-4,6,8,16,18-19H,2,5,7,9-14H2,1H3. The van der Waals surface area contributed by atoms with Crippen molar-refractivity contribution in [3.05, 3.63) is 35.4 Å². The van der Waals surface area contributed by atoms with Gasteiger partial charge in [0.05, 0.1) is 0 Å². The SMILES string of the molecule is CCCN1CCC(NC2CCCc3ccccc32)CC1. The van der Waals surface area contributed by atoms with Gasteiger partial charge in [-0.2, -0.15) is 0 Å². The van der Waals surface area contributed by atoms with Crippen molar-refractivity contribution < 1.29 is 0 Å². The Kier molecular flexibility index (Phi) is 4.74. The van der Waals surface area contributed by atoms with Crippen LogP contribution in [0.1, 0.15) is 56.2 Å². The Morgan fingerprint density at radius 1 is 1.15 bits per heavy atom. The molecule has 1 aromatic rings. The van der Waals surface area contributed by atoms with E-state index >= 15 is 0 Å². The topological polar surface area (TPSA) is 15.3 Å². The molecule has 0 radical (unpaired) electrons. The third kappa shape index (κ3) is 3.24. The van der Waals surface area contributed by atoms with Crippen LogP contribution >= 0.6 is 0 Å². The van der Waals surface area contributed by atoms with E-state index < -0.39 is 0 Å². The summed E-state index contributed by atoms with van der Waals surface area (Å²) in [5, 5.41) is 3.95. The van der Waals surface area contributed by atoms with Crippen LogP contribution in [0.3, 0.4) is 0 Å². The van der Waals surface area contributed by atoms with Crippen LogP contribution in [-0.2, 0) is 6.42 Å². The first-order valence-corrected chi connectivity index (χ1v) is 8.43. The Morgan fingerprint density at radius 2 is 1.95 bits per heavy atom. The van der Waals surface area contributed by atoms with E-state index in [1.54, 1.807) is 11.1 Å². The molecule has 0 spiro atoms. The Balaban J connectivity index is 1.57. The highest BCUT2D eigenvalue weighted by Crippen LogP contribution is 2.30. The fourth-order valence-corrected chi connectivity index (χ4v) is 3.85. The molecule has 20 heavy (non-hydrogen) atoms. The van der Waals surface area contributed by atoms with Gasteiger partial charge in [0.2, 0.25) is 0 Å². The van der Waals surface area contributed by atoms with Gasteiger partial charge in [-0.05, 0) is 69.3 Å². The minimum absolute atomic E-state index is 0.600. The van der Waals surface area contributed by atoms with Gasteiger partial charge in [0.25, 0.3) is 0 Å². The van der Waals surface area contributed by atoms with Crippen LogP contribution in [0.4, 0.5) is 0 Å². The maximum atomic E-state index is 3.95. The van der Waals surface area contributed by atoms with Gasteiger partial charge >= 0.3 is 0 Å². The summed E-state index contributed by atoms with van der Waals surface area (Å²) < 4.78 is 0. The highest BCUT2D eigenvalue weighted by molar-refractivity contribution is 5.32. The molecular formula is C18H28N2. The lowest BCUT2D eigenvalue weighted by Gasteiger charge is -2.36. The zero-order valence-electron chi connectivity index (χ0n) is 12.8. The summed E-state index contributed by atoms with van der Waals surface area (Å²) in [6.45, 7) is 6.11. The number of hydrogen-bond acceptors (Lipinski definition) is 2. The third-order valence-electron chi connectivity index (χ3n) is 4.93. The summed E-state index contributed by atoms with van der Waals surface area (Å²) in [5.74, 6) is 0. The molecule has 1 aliphatic carbocycles. The van der Waals surface area contributed by atoms with Crippen molar-refractivity contribution in [3.63, 3.8) is 0 Å². The number of nitrogens with one attached hydrogen (secondary N) is 1. The number of hydrogen-bond donors (Lipinski definition) is 1. The van der Waals surface area contributed by atoms with E-state index in [2.05, 4.69) is 41.4 Å². The van der Waals surface area contributed by atoms with Crippen molar-refractivity contribution in [1.29, 1.82) is 0 Å². The molecule has 0 saturated carbocycles. The van der Waals surface area contributed by atoms with E-state index in [0.717, 1.165) is 6.04 Å². The molecule has 1 aliphatic heterocycles. The minimum atomic E-state index is 0.600. The number of benzene rings is 1. The highest BCUT2D eigenvalue weighted by Gasteiger charge is 2.24. The van der Waals surface area contributed by atoms with Crippen LogP contribution in [0.15, 0.2) is 24.3 Å². The first-order chi connectivity index (χ1) is 9.86. The van der Waals surface area contributed by atoms with E-state index in [9.17, 15) is 0 Å². The summed E-state index contributed by atoms with van der Waals surface area (Å²) in [6.07, 6.45) is 7.84. The zero-order chi connectivity index (χ0) is 13.8. The van der Waals surface area contributed by atoms with E-state index in [4.69, 9.17) is 0 Å². The van der Waals surface area contributed by atoms with E-state index in [1.807, 2.05) is 0 Å². The van der Waals surface area contributed by atoms with Crippen LogP contribution in [0.25, 0.3) is 0 Å². The van der Waals surface area contributed by atoms with E-state index in [1.165, 1.54) is 58.2 Å². The molecule has 3 rings (SSSR count). The molecule has 1 fully saturated rings. The van der Waals surface area contributed by atoms with Crippen LogP contribution in [-0.4, -0.2) is 30.6 Å². The molecule has 110 valence electrons. The molecule has 0 bridgehead atoms. The third-order valence-corrected chi connectivity index (χ3v) is 4.93. The number of fused-ring (bicyclic) bond motifs is 1. The fourth-order valence-electron chi connectivity index (χ4n) is 3.85. The molecule has 1 heterocycles. The molecule has 1 aromatic carbocycles. The smallest absolute Gasteiger partial charge is 0.0325 e. The van der Waals surface area contributed by atoms with Crippen molar-refractivity contribution in [3.8, 4) is 0 Å². The molecular weight excluding hydrogens is 244 g/mol. The number of aryl methyl sites for hydroxylation is 1. The Labute approximate surface area is 123 Å². The van der Waals surface area contributed by atoms with Crippen molar-refractivity contribution in [2.24, 2.45) is 0 Å². The maximum absolute atomic E-state index is 3.95. The van der Waals surface area contributed by atoms with Gasteiger partial charge in [0.15, 0.2) is 0 Å². The number of rotatable bonds is 4. The van der Waals surface area contributed by atoms with Crippen LogP contribution in [0, 0.1) is 0 Å². The Morgan fingerprint density at radius 3 is 2.75 bits per heavy atom. The second-order valence-corrected chi connectivity index (χ2v) is 6.43. The summed E-state index contributed by atoms with van der Waals surface area (Å²) in [5.41, 5.74) is 3.13. The lowest BCUT2D eigenvalue weighted by atomic mass is 9.87. The molecule has 2 heteroatoms. The van der Waals surface area contributed by atoms with Crippen LogP contribution < -0.4 is 5.32 Å². The first-order valence-electron chi connectivity index (χ1n) is 8.43. The van der Waals surface area contributed by atoms with E-state index in [0.29, 0.717) is 6.04 Å². The number of piperidine rings is 1. The molecule has 0 aromatic heterocycles. The van der Waals surface area contributed by atoms with Gasteiger partial charge in [-0.3, -0.25) is 0 Å². The summed E-state index contributed by atoms with van der Waals surface area (Å²) in [6, 6.07) is 10.3. The lowest BCUT2D eigenvalue weighted by molar-refractivity contribution is 0.188. The largest absolute Gasteiger partial charge is 0.307 e. The predicted octanol–water partition coefficient (Wildman–Crippen LogP) is 3.53. The second-order valence-electron chi connectivity index (χ2n) is 6.43. The lowest BCUT2D eigenvalue weighted by Crippen LogP contribution is -2.44. The average Bonchev–Trinajstić information content (AvgIpc) is 2.50. The molecule has 1 unspecified atom stereocenters. The normalized spacial score (nSPS) is 24.6. The molecule has 2 nitrogen and oxygen atoms in total. The number of likely N-dealkylation sites (tertiary alicyclic amines) is 1. The maximum Gasteiger partial charge on any atom is 0.0325 e. The van der Waals surface area contributed by atoms with Gasteiger partial charge in [-0.25, -0.2) is 0 Å². The van der Waals surface area contributed by atoms with Crippen molar-refractivity contribution in [2.75, 3.05) is 19.6 Å². The van der Waals surface area contributed by atoms with Gasteiger partial charge in [-0.1, -0.05) is 31.2 Å². The average molecular weight is 272 g/mol. The van der Waals surface area contributed by atoms with Gasteiger partial charge in [-0.15, -0.1) is 0 Å². The van der Waals surface area contributed by atoms with Gasteiger partial charge < -0.3 is 10.2 Å². The van der Waals surface area contributed by atoms with Crippen LogP contribution in [0.5, 0.6) is 0 Å². The molecule has 1 saturated heterocycles. The Hall–Kier alpha value is -0.860. The van der Waals surface area contributed by atoms with Gasteiger partial charge in [0.1, 0.15) is 0 Å². The van der Waals surface area contributed by atoms with Crippen molar-refractivity contribution >= 4 is 0 Å². The van der Waals surface area contributed by atoms with Crippen LogP contribution in [0.2, 0.25) is 0 Å². The highest BCUT2D eigenvalue weighted by atomic mass is 15.1. The van der Waals surface area contributed by atoms with Crippen molar-refractivity contribution in [2.45, 2.75) is 57.5 Å². The van der Waals surface area contributed by atoms with Crippen molar-refractivity contribution in [1.82, 2.24) is 10.2 Å². The van der Waals surface area contributed by atoms with E-state index in [-0.39, 0.29) is 0 Å². The molecule has 1 N–H and O–H groups in total. The van der Waals surface area contributed by atoms with Gasteiger partial charge in [0, 0.05) is 12.1 Å². The minimum Gasteiger partial charge on any atom is -0.307 e. The second kappa shape index (κ2) is 6.73. The fraction of sp³-hybridized carbons (Fsp3) is 0.667. The zero-order valence-corrected chi connectivity index (χ0v) is 12.8. The quantitative estimate of drug-likeness (QED) is 0.902. The predicted molar refractivity (Wildman–Crippen MR) is 85.0 cm³/mol. The monoisotopic (exact) mass is 272 g/mol. The first kappa shape index (κ1) is 14.1. The summed E-state index contributed by atoms with van der Waals surface area (Å²) in [4.78, 5) is 2.62. The summed E-state index contributed by atoms with van der Waals surface area (Å²) in [7, 11) is 0. The number of nitrogens with zero attached hydrogens (tertiary/aromatic N) is 1. The summed E-state index contributed by atoms with van der Waals surface area (Å²) >= 11 is 0. The Bertz CT molecular complexity index is 421.